The number of aryl methyl sites for hydroxylation is 2. The molecule has 0 bridgehead atoms. The maximum atomic E-state index is 13.8. The Bertz CT molecular complexity index is 799. The van der Waals surface area contributed by atoms with E-state index >= 15 is 0 Å². The summed E-state index contributed by atoms with van der Waals surface area (Å²) in [5.74, 6) is -2.65. The average molecular weight is 333 g/mol. The lowest BCUT2D eigenvalue weighted by molar-refractivity contribution is -0.119. The van der Waals surface area contributed by atoms with Crippen molar-refractivity contribution in [3.8, 4) is 0 Å². The SMILES string of the molecule is Cc1nn(C)c(C)c1C[C@H](C)C(=O)Nc1cc(C(=O)O)ccc1F. The minimum atomic E-state index is -1.18. The molecule has 7 heteroatoms. The van der Waals surface area contributed by atoms with E-state index in [1.54, 1.807) is 11.6 Å². The van der Waals surface area contributed by atoms with Gasteiger partial charge in [0.05, 0.1) is 16.9 Å². The first-order valence-electron chi connectivity index (χ1n) is 7.53. The number of carboxylic acids is 1. The second kappa shape index (κ2) is 6.82. The fourth-order valence-electron chi connectivity index (χ4n) is 2.52. The molecule has 128 valence electrons. The highest BCUT2D eigenvalue weighted by Crippen LogP contribution is 2.20. The molecule has 0 aliphatic heterocycles. The molecule has 1 atom stereocenters. The monoisotopic (exact) mass is 333 g/mol. The van der Waals surface area contributed by atoms with Crippen LogP contribution in [0.5, 0.6) is 0 Å². The molecular formula is C17H20FN3O3. The first-order valence-corrected chi connectivity index (χ1v) is 7.53. The molecule has 2 aromatic rings. The first-order chi connectivity index (χ1) is 11.2. The largest absolute Gasteiger partial charge is 0.478 e. The minimum Gasteiger partial charge on any atom is -0.478 e. The third-order valence-electron chi connectivity index (χ3n) is 4.09. The Morgan fingerprint density at radius 3 is 2.58 bits per heavy atom. The number of amides is 1. The number of halogens is 1. The standard InChI is InChI=1S/C17H20FN3O3/c1-9(7-13-10(2)20-21(4)11(13)3)16(22)19-15-8-12(17(23)24)5-6-14(15)18/h5-6,8-9H,7H2,1-4H3,(H,19,22)(H,23,24)/t9-/m0/s1. The number of carboxylic acid groups (broad SMARTS) is 1. The number of nitrogens with zero attached hydrogens (tertiary/aromatic N) is 2. The van der Waals surface area contributed by atoms with E-state index in [4.69, 9.17) is 5.11 Å². The van der Waals surface area contributed by atoms with Gasteiger partial charge in [0.2, 0.25) is 5.91 Å². The van der Waals surface area contributed by atoms with Crippen LogP contribution in [0.3, 0.4) is 0 Å². The van der Waals surface area contributed by atoms with E-state index in [-0.39, 0.29) is 17.2 Å². The van der Waals surface area contributed by atoms with Crippen LogP contribution in [0.1, 0.15) is 34.2 Å². The van der Waals surface area contributed by atoms with E-state index in [1.165, 1.54) is 0 Å². The van der Waals surface area contributed by atoms with Crippen LogP contribution in [0.15, 0.2) is 18.2 Å². The van der Waals surface area contributed by atoms with Crippen LogP contribution in [0, 0.1) is 25.6 Å². The summed E-state index contributed by atoms with van der Waals surface area (Å²) in [6, 6.07) is 3.29. The predicted molar refractivity (Wildman–Crippen MR) is 87.5 cm³/mol. The van der Waals surface area contributed by atoms with Gasteiger partial charge in [-0.1, -0.05) is 6.92 Å². The van der Waals surface area contributed by atoms with Gasteiger partial charge in [-0.2, -0.15) is 5.10 Å². The Morgan fingerprint density at radius 1 is 1.38 bits per heavy atom. The quantitative estimate of drug-likeness (QED) is 0.881. The van der Waals surface area contributed by atoms with Crippen molar-refractivity contribution >= 4 is 17.6 Å². The average Bonchev–Trinajstić information content (AvgIpc) is 2.75. The number of hydrogen-bond acceptors (Lipinski definition) is 3. The number of nitrogens with one attached hydrogen (secondary N) is 1. The summed E-state index contributed by atoms with van der Waals surface area (Å²) in [5, 5.41) is 15.7. The lowest BCUT2D eigenvalue weighted by Crippen LogP contribution is -2.23. The summed E-state index contributed by atoms with van der Waals surface area (Å²) in [6.07, 6.45) is 0.470. The number of hydrogen-bond donors (Lipinski definition) is 2. The summed E-state index contributed by atoms with van der Waals surface area (Å²) in [5.41, 5.74) is 2.60. The molecule has 0 unspecified atom stereocenters. The molecule has 1 heterocycles. The number of rotatable bonds is 5. The molecule has 0 aliphatic carbocycles. The summed E-state index contributed by atoms with van der Waals surface area (Å²) in [4.78, 5) is 23.3. The van der Waals surface area contributed by atoms with Crippen LogP contribution >= 0.6 is 0 Å². The fourth-order valence-corrected chi connectivity index (χ4v) is 2.52. The van der Waals surface area contributed by atoms with Gasteiger partial charge >= 0.3 is 5.97 Å². The summed E-state index contributed by atoms with van der Waals surface area (Å²) < 4.78 is 15.5. The second-order valence-corrected chi connectivity index (χ2v) is 5.87. The molecule has 0 radical (unpaired) electrons. The van der Waals surface area contributed by atoms with Gasteiger partial charge in [-0.05, 0) is 44.0 Å². The molecule has 6 nitrogen and oxygen atoms in total. The van der Waals surface area contributed by atoms with Gasteiger partial charge in [0.1, 0.15) is 5.82 Å². The normalized spacial score (nSPS) is 12.0. The summed E-state index contributed by atoms with van der Waals surface area (Å²) >= 11 is 0. The van der Waals surface area contributed by atoms with Crippen molar-refractivity contribution in [1.82, 2.24) is 9.78 Å². The van der Waals surface area contributed by atoms with Gasteiger partial charge < -0.3 is 10.4 Å². The molecule has 24 heavy (non-hydrogen) atoms. The van der Waals surface area contributed by atoms with E-state index in [1.807, 2.05) is 20.9 Å². The maximum Gasteiger partial charge on any atom is 0.335 e. The van der Waals surface area contributed by atoms with Gasteiger partial charge in [0.15, 0.2) is 0 Å². The molecular weight excluding hydrogens is 313 g/mol. The van der Waals surface area contributed by atoms with Crippen molar-refractivity contribution < 1.29 is 19.1 Å². The number of aromatic carboxylic acids is 1. The Hall–Kier alpha value is -2.70. The zero-order valence-electron chi connectivity index (χ0n) is 14.1. The lowest BCUT2D eigenvalue weighted by atomic mass is 9.98. The van der Waals surface area contributed by atoms with Crippen molar-refractivity contribution in [2.24, 2.45) is 13.0 Å². The number of anilines is 1. The molecule has 0 spiro atoms. The van der Waals surface area contributed by atoms with Crippen LogP contribution in [0.25, 0.3) is 0 Å². The van der Waals surface area contributed by atoms with Crippen molar-refractivity contribution in [2.75, 3.05) is 5.32 Å². The number of benzene rings is 1. The van der Waals surface area contributed by atoms with E-state index in [2.05, 4.69) is 10.4 Å². The Morgan fingerprint density at radius 2 is 2.04 bits per heavy atom. The van der Waals surface area contributed by atoms with Gasteiger partial charge in [-0.25, -0.2) is 9.18 Å². The van der Waals surface area contributed by atoms with Crippen molar-refractivity contribution in [1.29, 1.82) is 0 Å². The number of aromatic nitrogens is 2. The molecule has 1 aromatic heterocycles. The molecule has 0 aliphatic rings. The van der Waals surface area contributed by atoms with Gasteiger partial charge in [-0.3, -0.25) is 9.48 Å². The molecule has 2 rings (SSSR count). The van der Waals surface area contributed by atoms with Crippen molar-refractivity contribution in [3.63, 3.8) is 0 Å². The van der Waals surface area contributed by atoms with Crippen LogP contribution in [-0.2, 0) is 18.3 Å². The third kappa shape index (κ3) is 3.61. The lowest BCUT2D eigenvalue weighted by Gasteiger charge is -2.13. The van der Waals surface area contributed by atoms with Crippen LogP contribution in [-0.4, -0.2) is 26.8 Å². The van der Waals surface area contributed by atoms with Crippen molar-refractivity contribution in [2.45, 2.75) is 27.2 Å². The molecule has 0 saturated carbocycles. The Balaban J connectivity index is 2.15. The Kier molecular flexibility index (Phi) is 5.02. The number of carbonyl (C=O) groups excluding carboxylic acids is 1. The van der Waals surface area contributed by atoms with E-state index in [9.17, 15) is 14.0 Å². The van der Waals surface area contributed by atoms with E-state index < -0.39 is 17.7 Å². The second-order valence-electron chi connectivity index (χ2n) is 5.87. The smallest absolute Gasteiger partial charge is 0.335 e. The zero-order chi connectivity index (χ0) is 18.0. The van der Waals surface area contributed by atoms with E-state index in [0.717, 1.165) is 35.2 Å². The fraction of sp³-hybridized carbons (Fsp3) is 0.353. The van der Waals surface area contributed by atoms with Crippen LogP contribution in [0.4, 0.5) is 10.1 Å². The minimum absolute atomic E-state index is 0.0849. The van der Waals surface area contributed by atoms with Crippen LogP contribution < -0.4 is 5.32 Å². The molecule has 0 fully saturated rings. The predicted octanol–water partition coefficient (Wildman–Crippen LogP) is 2.69. The van der Waals surface area contributed by atoms with E-state index in [0.29, 0.717) is 6.42 Å². The molecule has 2 N–H and O–H groups in total. The number of carbonyl (C=O) groups is 2. The third-order valence-corrected chi connectivity index (χ3v) is 4.09. The molecule has 0 saturated heterocycles. The topological polar surface area (TPSA) is 84.2 Å². The molecule has 1 amide bonds. The highest BCUT2D eigenvalue weighted by Gasteiger charge is 2.20. The first kappa shape index (κ1) is 17.7. The van der Waals surface area contributed by atoms with Crippen molar-refractivity contribution in [3.05, 3.63) is 46.5 Å². The highest BCUT2D eigenvalue weighted by molar-refractivity contribution is 5.95. The van der Waals surface area contributed by atoms with Gasteiger partial charge in [0, 0.05) is 18.7 Å². The maximum absolute atomic E-state index is 13.8. The summed E-state index contributed by atoms with van der Waals surface area (Å²) in [7, 11) is 1.84. The van der Waals surface area contributed by atoms with Gasteiger partial charge in [-0.15, -0.1) is 0 Å². The van der Waals surface area contributed by atoms with Crippen LogP contribution in [0.2, 0.25) is 0 Å². The van der Waals surface area contributed by atoms with Gasteiger partial charge in [0.25, 0.3) is 0 Å². The summed E-state index contributed by atoms with van der Waals surface area (Å²) in [6.45, 7) is 5.54. The Labute approximate surface area is 139 Å². The zero-order valence-corrected chi connectivity index (χ0v) is 14.1. The highest BCUT2D eigenvalue weighted by atomic mass is 19.1. The molecule has 1 aromatic carbocycles.